The van der Waals surface area contributed by atoms with Crippen LogP contribution in [-0.2, 0) is 50.7 Å². The van der Waals surface area contributed by atoms with Gasteiger partial charge in [0.1, 0.15) is 30.1 Å². The molecule has 0 saturated carbocycles. The van der Waals surface area contributed by atoms with Gasteiger partial charge in [-0.25, -0.2) is 27.6 Å². The summed E-state index contributed by atoms with van der Waals surface area (Å²) in [5.41, 5.74) is -1.66. The number of hydrogen-bond acceptors (Lipinski definition) is 13. The summed E-state index contributed by atoms with van der Waals surface area (Å²) in [5.74, 6) is -3.82. The van der Waals surface area contributed by atoms with Gasteiger partial charge in [0.15, 0.2) is 11.9 Å². The van der Waals surface area contributed by atoms with Crippen molar-refractivity contribution in [1.29, 1.82) is 5.26 Å². The molecule has 3 aromatic rings. The molecular weight excluding hydrogens is 758 g/mol. The van der Waals surface area contributed by atoms with Crippen LogP contribution in [0.2, 0.25) is 0 Å². The van der Waals surface area contributed by atoms with Gasteiger partial charge in [-0.05, 0) is 50.1 Å². The first-order chi connectivity index (χ1) is 25.7. The van der Waals surface area contributed by atoms with Gasteiger partial charge in [-0.1, -0.05) is 24.3 Å². The highest BCUT2D eigenvalue weighted by molar-refractivity contribution is 8.00. The molecule has 4 rings (SSSR count). The lowest BCUT2D eigenvalue weighted by molar-refractivity contribution is -0.171. The number of rotatable bonds is 17. The second-order valence-corrected chi connectivity index (χ2v) is 15.1. The van der Waals surface area contributed by atoms with Crippen LogP contribution in [0.4, 0.5) is 18.0 Å². The number of benzene rings is 2. The average Bonchev–Trinajstić information content (AvgIpc) is 3.62. The molecule has 1 saturated heterocycles. The van der Waals surface area contributed by atoms with Crippen molar-refractivity contribution in [2.45, 2.75) is 68.3 Å². The van der Waals surface area contributed by atoms with Gasteiger partial charge in [0, 0.05) is 35.8 Å². The topological polar surface area (TPSA) is 189 Å². The van der Waals surface area contributed by atoms with Crippen LogP contribution in [0.1, 0.15) is 49.8 Å². The number of carbonyl (C=O) groups is 2. The molecule has 2 heterocycles. The van der Waals surface area contributed by atoms with Crippen LogP contribution >= 0.6 is 11.8 Å². The van der Waals surface area contributed by atoms with Crippen molar-refractivity contribution in [2.24, 2.45) is 0 Å². The van der Waals surface area contributed by atoms with Crippen LogP contribution in [0.3, 0.4) is 0 Å². The van der Waals surface area contributed by atoms with Crippen molar-refractivity contribution >= 4 is 40.1 Å². The molecule has 54 heavy (non-hydrogen) atoms. The summed E-state index contributed by atoms with van der Waals surface area (Å²) in [5, 5.41) is 11.8. The molecule has 1 unspecified atom stereocenters. The Morgan fingerprint density at radius 1 is 1.11 bits per heavy atom. The number of nitriles is 1. The highest BCUT2D eigenvalue weighted by Crippen LogP contribution is 2.42. The van der Waals surface area contributed by atoms with Gasteiger partial charge in [-0.3, -0.25) is 9.35 Å². The summed E-state index contributed by atoms with van der Waals surface area (Å²) in [6.07, 6.45) is 5.07. The Kier molecular flexibility index (Phi) is 15.2. The second-order valence-electron chi connectivity index (χ2n) is 11.9. The number of carbonyl (C=O) groups excluding carboxylic acids is 2. The van der Waals surface area contributed by atoms with E-state index in [-0.39, 0.29) is 61.0 Å². The van der Waals surface area contributed by atoms with E-state index in [1.54, 1.807) is 25.2 Å². The molecule has 290 valence electrons. The maximum Gasteiger partial charge on any atom is 0.512 e. The second kappa shape index (κ2) is 19.5. The quantitative estimate of drug-likeness (QED) is 0.0576. The number of nitrogens with zero attached hydrogens (tertiary/aromatic N) is 4. The van der Waals surface area contributed by atoms with Gasteiger partial charge in [0.05, 0.1) is 42.4 Å². The number of thioether (sulfide) groups is 1. The third-order valence-electron chi connectivity index (χ3n) is 7.84. The maximum absolute atomic E-state index is 15.6. The molecule has 1 fully saturated rings. The van der Waals surface area contributed by atoms with Gasteiger partial charge in [0.25, 0.3) is 10.1 Å². The Morgan fingerprint density at radius 3 is 2.52 bits per heavy atom. The van der Waals surface area contributed by atoms with Crippen molar-refractivity contribution in [3.63, 3.8) is 0 Å². The molecule has 0 bridgehead atoms. The summed E-state index contributed by atoms with van der Waals surface area (Å²) in [4.78, 5) is 29.5. The van der Waals surface area contributed by atoms with E-state index in [0.29, 0.717) is 6.07 Å². The first-order valence-electron chi connectivity index (χ1n) is 16.4. The minimum absolute atomic E-state index is 0.0100. The van der Waals surface area contributed by atoms with Crippen molar-refractivity contribution in [3.05, 3.63) is 101 Å². The fraction of sp³-hybridized carbons (Fsp3) is 0.400. The Hall–Kier alpha value is -4.74. The number of halogens is 3. The minimum atomic E-state index is -4.19. The summed E-state index contributed by atoms with van der Waals surface area (Å²) < 4.78 is 104. The third-order valence-corrected chi connectivity index (χ3v) is 10.1. The molecule has 1 aromatic heterocycles. The summed E-state index contributed by atoms with van der Waals surface area (Å²) in [7, 11) is -4.19. The van der Waals surface area contributed by atoms with E-state index in [0.717, 1.165) is 18.2 Å². The number of allylic oxidation sites excluding steroid dienone is 2. The van der Waals surface area contributed by atoms with Crippen molar-refractivity contribution in [3.8, 4) is 6.07 Å². The SMILES string of the molecule is CC(OC(=O)CCCCS(=O)(=O)O)OC(=O)O[C@@](Cn1cncn1)(c1ccc(F)cc1F)[C@@H](C)SC1COC(/C=C/C=C/c2ccc(C#N)cc2F)OC1. The first kappa shape index (κ1) is 42.0. The summed E-state index contributed by atoms with van der Waals surface area (Å²) in [6, 6.07) is 8.76. The normalized spacial score (nSPS) is 18.5. The lowest BCUT2D eigenvalue weighted by Gasteiger charge is -2.40. The number of unbranched alkanes of at least 4 members (excludes halogenated alkanes) is 1. The monoisotopic (exact) mass is 794 g/mol. The summed E-state index contributed by atoms with van der Waals surface area (Å²) in [6.45, 7) is 2.85. The maximum atomic E-state index is 15.6. The van der Waals surface area contributed by atoms with Crippen LogP contribution in [0.25, 0.3) is 6.08 Å². The Labute approximate surface area is 313 Å². The Bertz CT molecular complexity index is 1950. The van der Waals surface area contributed by atoms with E-state index in [4.69, 9.17) is 33.5 Å². The van der Waals surface area contributed by atoms with Gasteiger partial charge in [-0.2, -0.15) is 18.8 Å². The van der Waals surface area contributed by atoms with Gasteiger partial charge in [0.2, 0.25) is 6.29 Å². The largest absolute Gasteiger partial charge is 0.512 e. The molecule has 1 aliphatic rings. The fourth-order valence-electron chi connectivity index (χ4n) is 5.26. The number of esters is 1. The zero-order valence-electron chi connectivity index (χ0n) is 29.0. The third kappa shape index (κ3) is 12.7. The average molecular weight is 795 g/mol. The van der Waals surface area contributed by atoms with E-state index < -0.39 is 68.9 Å². The minimum Gasteiger partial charge on any atom is -0.425 e. The Balaban J connectivity index is 1.45. The van der Waals surface area contributed by atoms with E-state index in [9.17, 15) is 26.8 Å². The molecule has 1 aliphatic heterocycles. The van der Waals surface area contributed by atoms with E-state index in [1.807, 2.05) is 6.07 Å². The van der Waals surface area contributed by atoms with E-state index in [1.165, 1.54) is 54.2 Å². The van der Waals surface area contributed by atoms with Crippen LogP contribution in [0, 0.1) is 28.8 Å². The predicted molar refractivity (Wildman–Crippen MR) is 187 cm³/mol. The van der Waals surface area contributed by atoms with Gasteiger partial charge in [-0.15, -0.1) is 11.8 Å². The highest BCUT2D eigenvalue weighted by atomic mass is 32.2. The molecular formula is C35H37F3N4O10S2. The summed E-state index contributed by atoms with van der Waals surface area (Å²) >= 11 is 1.22. The van der Waals surface area contributed by atoms with Crippen LogP contribution in [-0.4, -0.2) is 81.9 Å². The predicted octanol–water partition coefficient (Wildman–Crippen LogP) is 5.70. The molecule has 19 heteroatoms. The van der Waals surface area contributed by atoms with Crippen LogP contribution in [0.15, 0.2) is 67.3 Å². The van der Waals surface area contributed by atoms with Crippen molar-refractivity contribution in [2.75, 3.05) is 19.0 Å². The van der Waals surface area contributed by atoms with E-state index in [2.05, 4.69) is 10.1 Å². The molecule has 2 aromatic carbocycles. The smallest absolute Gasteiger partial charge is 0.425 e. The van der Waals surface area contributed by atoms with Crippen LogP contribution < -0.4 is 0 Å². The number of ether oxygens (including phenoxy) is 5. The fourth-order valence-corrected chi connectivity index (χ4v) is 7.19. The van der Waals surface area contributed by atoms with Gasteiger partial charge < -0.3 is 23.7 Å². The number of hydrogen-bond donors (Lipinski definition) is 1. The zero-order chi connectivity index (χ0) is 39.3. The Morgan fingerprint density at radius 2 is 1.87 bits per heavy atom. The molecule has 0 spiro atoms. The molecule has 1 N–H and O–H groups in total. The first-order valence-corrected chi connectivity index (χ1v) is 19.0. The van der Waals surface area contributed by atoms with Crippen molar-refractivity contribution < 1.29 is 59.4 Å². The van der Waals surface area contributed by atoms with Gasteiger partial charge >= 0.3 is 12.1 Å². The molecule has 14 nitrogen and oxygen atoms in total. The van der Waals surface area contributed by atoms with Crippen LogP contribution in [0.5, 0.6) is 0 Å². The molecule has 0 radical (unpaired) electrons. The molecule has 3 atom stereocenters. The van der Waals surface area contributed by atoms with E-state index >= 15 is 4.39 Å². The lowest BCUT2D eigenvalue weighted by atomic mass is 9.89. The lowest BCUT2D eigenvalue weighted by Crippen LogP contribution is -2.47. The molecule has 0 amide bonds. The number of aromatic nitrogens is 3. The zero-order valence-corrected chi connectivity index (χ0v) is 30.7. The highest BCUT2D eigenvalue weighted by Gasteiger charge is 2.47. The standard InChI is InChI=1S/C35H37F3N4O10S2/c1-23(53-28-18-48-33(49-19-28)9-4-3-7-26-11-10-25(17-39)15-30(26)37)35(20-42-22-40-21-41-42,29-13-12-27(36)16-31(29)38)52-34(44)51-24(2)50-32(43)8-5-6-14-54(45,46)47/h3-4,7,9-13,15-16,21-24,28,33H,5-6,8,14,18-20H2,1-2H3,(H,45,46,47)/b7-3+,9-4+/t23-,24?,28?,33?,35-/m1/s1. The van der Waals surface area contributed by atoms with Crippen molar-refractivity contribution in [1.82, 2.24) is 14.8 Å². The molecule has 0 aliphatic carbocycles.